The Hall–Kier alpha value is -1.31. The van der Waals surface area contributed by atoms with Crippen LogP contribution in [0.4, 0.5) is 13.2 Å². The van der Waals surface area contributed by atoms with E-state index in [0.717, 1.165) is 4.90 Å². The molecule has 0 saturated carbocycles. The van der Waals surface area contributed by atoms with Crippen molar-refractivity contribution < 1.29 is 27.9 Å². The van der Waals surface area contributed by atoms with Crippen LogP contribution >= 0.6 is 0 Å². The highest BCUT2D eigenvalue weighted by molar-refractivity contribution is 5.87. The molecule has 1 saturated heterocycles. The second-order valence-electron chi connectivity index (χ2n) is 5.52. The zero-order valence-corrected chi connectivity index (χ0v) is 11.7. The molecular formula is C12H19F3N2O3. The maximum atomic E-state index is 13.0. The lowest BCUT2D eigenvalue weighted by Crippen LogP contribution is -2.55. The number of likely N-dealkylation sites (N-methyl/N-ethyl adjacent to an activating group) is 1. The Morgan fingerprint density at radius 1 is 1.35 bits per heavy atom. The number of hydrogen-bond acceptors (Lipinski definition) is 3. The minimum absolute atomic E-state index is 0.209. The number of carboxylic acid groups (broad SMARTS) is 1. The highest BCUT2D eigenvalue weighted by atomic mass is 19.4. The van der Waals surface area contributed by atoms with Gasteiger partial charge in [0.25, 0.3) is 0 Å². The Labute approximate surface area is 115 Å². The highest BCUT2D eigenvalue weighted by Gasteiger charge is 2.64. The summed E-state index contributed by atoms with van der Waals surface area (Å²) in [6.07, 6.45) is -5.49. The minimum Gasteiger partial charge on any atom is -0.481 e. The lowest BCUT2D eigenvalue weighted by atomic mass is 9.86. The first kappa shape index (κ1) is 16.7. The van der Waals surface area contributed by atoms with Crippen molar-refractivity contribution in [1.82, 2.24) is 10.2 Å². The Kier molecular flexibility index (Phi) is 4.38. The molecule has 0 aromatic rings. The first-order valence-corrected chi connectivity index (χ1v) is 6.32. The number of aliphatic carboxylic acids is 1. The number of alkyl halides is 3. The van der Waals surface area contributed by atoms with Crippen molar-refractivity contribution in [1.29, 1.82) is 0 Å². The molecule has 1 fully saturated rings. The molecule has 1 aliphatic heterocycles. The average molecular weight is 296 g/mol. The molecule has 1 unspecified atom stereocenters. The molecular weight excluding hydrogens is 277 g/mol. The number of hydrogen-bond donors (Lipinski definition) is 2. The van der Waals surface area contributed by atoms with E-state index >= 15 is 0 Å². The van der Waals surface area contributed by atoms with Gasteiger partial charge in [-0.2, -0.15) is 13.2 Å². The van der Waals surface area contributed by atoms with Crippen molar-refractivity contribution >= 4 is 11.9 Å². The molecule has 2 N–H and O–H groups in total. The molecule has 1 amide bonds. The molecule has 5 nitrogen and oxygen atoms in total. The number of carbonyl (C=O) groups excluding carboxylic acids is 1. The van der Waals surface area contributed by atoms with Gasteiger partial charge >= 0.3 is 12.1 Å². The lowest BCUT2D eigenvalue weighted by Gasteiger charge is -2.32. The Balaban J connectivity index is 2.96. The zero-order valence-electron chi connectivity index (χ0n) is 11.7. The summed E-state index contributed by atoms with van der Waals surface area (Å²) in [6, 6.07) is 0. The van der Waals surface area contributed by atoms with E-state index in [1.54, 1.807) is 20.8 Å². The van der Waals surface area contributed by atoms with Gasteiger partial charge in [-0.25, -0.2) is 0 Å². The van der Waals surface area contributed by atoms with Gasteiger partial charge in [0.1, 0.15) is 0 Å². The van der Waals surface area contributed by atoms with Crippen LogP contribution in [0.2, 0.25) is 0 Å². The van der Waals surface area contributed by atoms with Gasteiger partial charge in [0.15, 0.2) is 5.41 Å². The summed E-state index contributed by atoms with van der Waals surface area (Å²) in [7, 11) is 0. The van der Waals surface area contributed by atoms with E-state index in [0.29, 0.717) is 6.54 Å². The number of carbonyl (C=O) groups is 2. The number of nitrogens with zero attached hydrogens (tertiary/aromatic N) is 1. The van der Waals surface area contributed by atoms with Crippen LogP contribution in [0.1, 0.15) is 27.2 Å². The summed E-state index contributed by atoms with van der Waals surface area (Å²) in [6.45, 7) is 4.34. The average Bonchev–Trinajstić information content (AvgIpc) is 2.73. The minimum atomic E-state index is -4.88. The van der Waals surface area contributed by atoms with Crippen LogP contribution in [-0.2, 0) is 9.59 Å². The molecule has 8 heteroatoms. The number of likely N-dealkylation sites (tertiary alicyclic amines) is 1. The molecule has 0 aromatic heterocycles. The van der Waals surface area contributed by atoms with Gasteiger partial charge in [-0.1, -0.05) is 6.92 Å². The van der Waals surface area contributed by atoms with Gasteiger partial charge in [0.2, 0.25) is 5.91 Å². The second-order valence-corrected chi connectivity index (χ2v) is 5.52. The maximum Gasteiger partial charge on any atom is 0.406 e. The third-order valence-corrected chi connectivity index (χ3v) is 3.66. The SMILES string of the molecule is CCNC(C)(C)C(=O)N1CCC(C(=O)O)(C(F)(F)F)C1. The van der Waals surface area contributed by atoms with E-state index in [-0.39, 0.29) is 6.54 Å². The van der Waals surface area contributed by atoms with Gasteiger partial charge in [0, 0.05) is 13.1 Å². The van der Waals surface area contributed by atoms with Gasteiger partial charge in [-0.15, -0.1) is 0 Å². The number of halogens is 3. The van der Waals surface area contributed by atoms with E-state index in [4.69, 9.17) is 5.11 Å². The van der Waals surface area contributed by atoms with Crippen LogP contribution in [0.3, 0.4) is 0 Å². The number of nitrogens with one attached hydrogen (secondary N) is 1. The fourth-order valence-electron chi connectivity index (χ4n) is 2.42. The van der Waals surface area contributed by atoms with Gasteiger partial charge < -0.3 is 15.3 Å². The molecule has 1 atom stereocenters. The van der Waals surface area contributed by atoms with Crippen LogP contribution < -0.4 is 5.32 Å². The van der Waals surface area contributed by atoms with Crippen LogP contribution in [0.5, 0.6) is 0 Å². The number of carboxylic acids is 1. The van der Waals surface area contributed by atoms with Crippen molar-refractivity contribution in [2.75, 3.05) is 19.6 Å². The van der Waals surface area contributed by atoms with Crippen molar-refractivity contribution in [2.45, 2.75) is 38.9 Å². The molecule has 0 spiro atoms. The molecule has 116 valence electrons. The molecule has 1 aliphatic rings. The highest BCUT2D eigenvalue weighted by Crippen LogP contribution is 2.46. The summed E-state index contributed by atoms with van der Waals surface area (Å²) in [5.41, 5.74) is -3.88. The topological polar surface area (TPSA) is 69.6 Å². The quantitative estimate of drug-likeness (QED) is 0.819. The Morgan fingerprint density at radius 3 is 2.25 bits per heavy atom. The fourth-order valence-corrected chi connectivity index (χ4v) is 2.42. The van der Waals surface area contributed by atoms with Crippen LogP contribution in [0.15, 0.2) is 0 Å². The molecule has 1 heterocycles. The summed E-state index contributed by atoms with van der Waals surface area (Å²) in [5.74, 6) is -2.45. The van der Waals surface area contributed by atoms with Crippen molar-refractivity contribution in [2.24, 2.45) is 5.41 Å². The van der Waals surface area contributed by atoms with E-state index in [2.05, 4.69) is 5.32 Å². The van der Waals surface area contributed by atoms with Crippen LogP contribution in [0.25, 0.3) is 0 Å². The normalized spacial score (nSPS) is 24.0. The fraction of sp³-hybridized carbons (Fsp3) is 0.833. The predicted molar refractivity (Wildman–Crippen MR) is 65.1 cm³/mol. The first-order chi connectivity index (χ1) is 8.98. The van der Waals surface area contributed by atoms with E-state index < -0.39 is 42.0 Å². The summed E-state index contributed by atoms with van der Waals surface area (Å²) in [5, 5.41) is 11.8. The van der Waals surface area contributed by atoms with Gasteiger partial charge in [0.05, 0.1) is 5.54 Å². The van der Waals surface area contributed by atoms with Crippen LogP contribution in [0, 0.1) is 5.41 Å². The third-order valence-electron chi connectivity index (χ3n) is 3.66. The smallest absolute Gasteiger partial charge is 0.406 e. The standard InChI is InChI=1S/C12H19F3N2O3/c1-4-16-10(2,3)8(18)17-6-5-11(7-17,9(19)20)12(13,14)15/h16H,4-7H2,1-3H3,(H,19,20). The van der Waals surface area contributed by atoms with E-state index in [9.17, 15) is 22.8 Å². The van der Waals surface area contributed by atoms with Crippen molar-refractivity contribution in [3.8, 4) is 0 Å². The maximum absolute atomic E-state index is 13.0. The number of rotatable bonds is 4. The monoisotopic (exact) mass is 296 g/mol. The van der Waals surface area contributed by atoms with E-state index in [1.807, 2.05) is 0 Å². The zero-order chi connectivity index (χ0) is 15.8. The van der Waals surface area contributed by atoms with Crippen molar-refractivity contribution in [3.63, 3.8) is 0 Å². The molecule has 0 radical (unpaired) electrons. The lowest BCUT2D eigenvalue weighted by molar-refractivity contribution is -0.227. The Morgan fingerprint density at radius 2 is 1.90 bits per heavy atom. The third kappa shape index (κ3) is 2.74. The van der Waals surface area contributed by atoms with Crippen molar-refractivity contribution in [3.05, 3.63) is 0 Å². The summed E-state index contributed by atoms with van der Waals surface area (Å²) in [4.78, 5) is 24.2. The molecule has 0 aliphatic carbocycles. The predicted octanol–water partition coefficient (Wildman–Crippen LogP) is 1.24. The molecule has 20 heavy (non-hydrogen) atoms. The molecule has 0 aromatic carbocycles. The second kappa shape index (κ2) is 5.23. The Bertz CT molecular complexity index is 409. The largest absolute Gasteiger partial charge is 0.481 e. The van der Waals surface area contributed by atoms with Gasteiger partial charge in [-0.05, 0) is 26.8 Å². The molecule has 1 rings (SSSR count). The summed E-state index contributed by atoms with van der Waals surface area (Å²) < 4.78 is 39.0. The molecule has 0 bridgehead atoms. The van der Waals surface area contributed by atoms with Crippen LogP contribution in [-0.4, -0.2) is 53.2 Å². The first-order valence-electron chi connectivity index (χ1n) is 6.32. The van der Waals surface area contributed by atoms with Gasteiger partial charge in [-0.3, -0.25) is 9.59 Å². The number of amides is 1. The van der Waals surface area contributed by atoms with E-state index in [1.165, 1.54) is 0 Å². The summed E-state index contributed by atoms with van der Waals surface area (Å²) >= 11 is 0.